The molecule has 1 fully saturated rings. The van der Waals surface area contributed by atoms with Gasteiger partial charge in [-0.15, -0.1) is 0 Å². The summed E-state index contributed by atoms with van der Waals surface area (Å²) in [7, 11) is 0. The van der Waals surface area contributed by atoms with Gasteiger partial charge in [0.15, 0.2) is 5.78 Å². The minimum Gasteiger partial charge on any atom is -0.396 e. The minimum atomic E-state index is -2.52. The van der Waals surface area contributed by atoms with Gasteiger partial charge in [0.25, 0.3) is 12.3 Å². The van der Waals surface area contributed by atoms with E-state index in [1.54, 1.807) is 11.0 Å². The van der Waals surface area contributed by atoms with Crippen LogP contribution in [-0.2, 0) is 11.3 Å². The maximum Gasteiger partial charge on any atom is 0.257 e. The Labute approximate surface area is 144 Å². The van der Waals surface area contributed by atoms with Crippen molar-refractivity contribution in [1.82, 2.24) is 14.7 Å². The van der Waals surface area contributed by atoms with Gasteiger partial charge in [0.1, 0.15) is 6.54 Å². The van der Waals surface area contributed by atoms with E-state index in [9.17, 15) is 18.4 Å². The number of hydrogen-bond donors (Lipinski definition) is 1. The molecule has 8 heteroatoms. The van der Waals surface area contributed by atoms with E-state index >= 15 is 0 Å². The van der Waals surface area contributed by atoms with E-state index in [0.717, 1.165) is 11.1 Å². The summed E-state index contributed by atoms with van der Waals surface area (Å²) < 4.78 is 25.9. The Hall–Kier alpha value is -2.25. The number of nitrogens with two attached hydrogens (primary N) is 1. The van der Waals surface area contributed by atoms with Gasteiger partial charge in [-0.2, -0.15) is 5.10 Å². The molecule has 1 atom stereocenters. The first-order valence-corrected chi connectivity index (χ1v) is 8.25. The number of hydrogen-bond acceptors (Lipinski definition) is 4. The van der Waals surface area contributed by atoms with E-state index < -0.39 is 18.4 Å². The molecule has 1 aromatic heterocycles. The lowest BCUT2D eigenvalue weighted by atomic mass is 9.65. The first-order chi connectivity index (χ1) is 11.6. The van der Waals surface area contributed by atoms with Crippen molar-refractivity contribution < 1.29 is 18.4 Å². The van der Waals surface area contributed by atoms with Crippen molar-refractivity contribution in [1.29, 1.82) is 0 Å². The third-order valence-corrected chi connectivity index (χ3v) is 5.01. The predicted octanol–water partition coefficient (Wildman–Crippen LogP) is 1.82. The van der Waals surface area contributed by atoms with Crippen molar-refractivity contribution in [3.05, 3.63) is 29.7 Å². The second-order valence-corrected chi connectivity index (χ2v) is 7.67. The number of carbonyl (C=O) groups excluding carboxylic acids is 2. The average molecular weight is 352 g/mol. The van der Waals surface area contributed by atoms with Crippen LogP contribution < -0.4 is 5.73 Å². The van der Waals surface area contributed by atoms with Gasteiger partial charge in [-0.05, 0) is 18.9 Å². The minimum absolute atomic E-state index is 0.0591. The van der Waals surface area contributed by atoms with E-state index in [1.165, 1.54) is 12.4 Å². The molecule has 1 saturated heterocycles. The molecular weight excluding hydrogens is 330 g/mol. The zero-order valence-electron chi connectivity index (χ0n) is 14.3. The van der Waals surface area contributed by atoms with E-state index in [1.807, 2.05) is 13.8 Å². The third kappa shape index (κ3) is 3.29. The number of rotatable bonds is 3. The standard InChI is InChI=1S/C17H22F2N4O2/c1-16(2)9-17(5-12(20)14(16)24)3-4-22(10-17)15(25)11-6-21-23(7-11)8-13(18)19/h5-7,13H,3-4,8-10,20H2,1-2H3/t17-/m0/s1. The van der Waals surface area contributed by atoms with Crippen LogP contribution in [0.25, 0.3) is 0 Å². The Morgan fingerprint density at radius 3 is 2.80 bits per heavy atom. The van der Waals surface area contributed by atoms with Gasteiger partial charge in [0.2, 0.25) is 0 Å². The van der Waals surface area contributed by atoms with Crippen LogP contribution in [-0.4, -0.2) is 45.9 Å². The maximum absolute atomic E-state index is 12.6. The number of aromatic nitrogens is 2. The molecule has 1 aromatic rings. The Morgan fingerprint density at radius 2 is 2.16 bits per heavy atom. The van der Waals surface area contributed by atoms with Crippen molar-refractivity contribution in [2.24, 2.45) is 16.6 Å². The number of nitrogens with zero attached hydrogens (tertiary/aromatic N) is 3. The fraction of sp³-hybridized carbons (Fsp3) is 0.588. The highest BCUT2D eigenvalue weighted by Gasteiger charge is 2.48. The first kappa shape index (κ1) is 17.6. The Morgan fingerprint density at radius 1 is 1.44 bits per heavy atom. The third-order valence-electron chi connectivity index (χ3n) is 5.01. The van der Waals surface area contributed by atoms with E-state index in [4.69, 9.17) is 5.73 Å². The van der Waals surface area contributed by atoms with Gasteiger partial charge < -0.3 is 10.6 Å². The van der Waals surface area contributed by atoms with Crippen molar-refractivity contribution in [2.45, 2.75) is 39.7 Å². The smallest absolute Gasteiger partial charge is 0.257 e. The quantitative estimate of drug-likeness (QED) is 0.900. The number of allylic oxidation sites excluding steroid dienone is 1. The van der Waals surface area contributed by atoms with E-state index in [2.05, 4.69) is 5.10 Å². The molecular formula is C17H22F2N4O2. The summed E-state index contributed by atoms with van der Waals surface area (Å²) in [5.74, 6) is -0.296. The number of ketones is 1. The fourth-order valence-electron chi connectivity index (χ4n) is 4.03. The molecule has 1 aliphatic heterocycles. The average Bonchev–Trinajstić information content (AvgIpc) is 3.11. The molecule has 0 saturated carbocycles. The van der Waals surface area contributed by atoms with E-state index in [-0.39, 0.29) is 22.8 Å². The van der Waals surface area contributed by atoms with Gasteiger partial charge in [0, 0.05) is 30.1 Å². The molecule has 0 radical (unpaired) electrons. The highest BCUT2D eigenvalue weighted by Crippen LogP contribution is 2.47. The van der Waals surface area contributed by atoms with E-state index in [0.29, 0.717) is 25.1 Å². The molecule has 1 spiro atoms. The van der Waals surface area contributed by atoms with Crippen LogP contribution in [0, 0.1) is 10.8 Å². The summed E-state index contributed by atoms with van der Waals surface area (Å²) >= 11 is 0. The molecule has 6 nitrogen and oxygen atoms in total. The monoisotopic (exact) mass is 352 g/mol. The molecule has 2 N–H and O–H groups in total. The summed E-state index contributed by atoms with van der Waals surface area (Å²) in [6.07, 6.45) is 3.29. The molecule has 3 rings (SSSR count). The lowest BCUT2D eigenvalue weighted by Crippen LogP contribution is -2.42. The molecule has 0 aromatic carbocycles. The zero-order valence-corrected chi connectivity index (χ0v) is 14.3. The summed E-state index contributed by atoms with van der Waals surface area (Å²) in [6.45, 7) is 4.20. The zero-order chi connectivity index (χ0) is 18.4. The van der Waals surface area contributed by atoms with Crippen molar-refractivity contribution in [3.63, 3.8) is 0 Å². The normalized spacial score (nSPS) is 25.7. The summed E-state index contributed by atoms with van der Waals surface area (Å²) in [5, 5.41) is 3.81. The summed E-state index contributed by atoms with van der Waals surface area (Å²) in [6, 6.07) is 0. The Balaban J connectivity index is 1.75. The number of likely N-dealkylation sites (tertiary alicyclic amines) is 1. The number of Topliss-reactive ketones (excluding diaryl/α,β-unsaturated/α-hetero) is 1. The van der Waals surface area contributed by atoms with Gasteiger partial charge in [0.05, 0.1) is 17.5 Å². The fourth-order valence-corrected chi connectivity index (χ4v) is 4.03. The van der Waals surface area contributed by atoms with Gasteiger partial charge in [-0.25, -0.2) is 8.78 Å². The Kier molecular flexibility index (Phi) is 4.17. The molecule has 136 valence electrons. The molecule has 0 unspecified atom stereocenters. The highest BCUT2D eigenvalue weighted by atomic mass is 19.3. The second-order valence-electron chi connectivity index (χ2n) is 7.67. The van der Waals surface area contributed by atoms with Crippen LogP contribution in [0.5, 0.6) is 0 Å². The molecule has 2 aliphatic rings. The van der Waals surface area contributed by atoms with Crippen LogP contribution in [0.4, 0.5) is 8.78 Å². The van der Waals surface area contributed by atoms with Crippen molar-refractivity contribution >= 4 is 11.7 Å². The van der Waals surface area contributed by atoms with Crippen molar-refractivity contribution in [2.75, 3.05) is 13.1 Å². The van der Waals surface area contributed by atoms with Crippen molar-refractivity contribution in [3.8, 4) is 0 Å². The maximum atomic E-state index is 12.6. The molecule has 1 amide bonds. The molecule has 1 aliphatic carbocycles. The lowest BCUT2D eigenvalue weighted by molar-refractivity contribution is -0.125. The van der Waals surface area contributed by atoms with Gasteiger partial charge in [-0.3, -0.25) is 14.3 Å². The highest BCUT2D eigenvalue weighted by molar-refractivity contribution is 6.00. The number of halogens is 2. The number of amides is 1. The Bertz CT molecular complexity index is 741. The molecule has 25 heavy (non-hydrogen) atoms. The van der Waals surface area contributed by atoms with Crippen LogP contribution >= 0.6 is 0 Å². The van der Waals surface area contributed by atoms with Crippen LogP contribution in [0.15, 0.2) is 24.2 Å². The van der Waals surface area contributed by atoms with Crippen LogP contribution in [0.3, 0.4) is 0 Å². The number of alkyl halides is 2. The van der Waals surface area contributed by atoms with Crippen LogP contribution in [0.1, 0.15) is 37.0 Å². The number of carbonyl (C=O) groups is 2. The largest absolute Gasteiger partial charge is 0.396 e. The summed E-state index contributed by atoms with van der Waals surface area (Å²) in [4.78, 5) is 26.5. The predicted molar refractivity (Wildman–Crippen MR) is 86.9 cm³/mol. The molecule has 2 heterocycles. The summed E-state index contributed by atoms with van der Waals surface area (Å²) in [5.41, 5.74) is 5.60. The van der Waals surface area contributed by atoms with Crippen LogP contribution in [0.2, 0.25) is 0 Å². The van der Waals surface area contributed by atoms with Gasteiger partial charge >= 0.3 is 0 Å². The first-order valence-electron chi connectivity index (χ1n) is 8.25. The topological polar surface area (TPSA) is 81.2 Å². The van der Waals surface area contributed by atoms with Gasteiger partial charge in [-0.1, -0.05) is 13.8 Å². The SMILES string of the molecule is CC1(C)C[C@@]2(C=C(N)C1=O)CCN(C(=O)c1cnn(CC(F)F)c1)C2. The second kappa shape index (κ2) is 5.93. The molecule has 0 bridgehead atoms. The lowest BCUT2D eigenvalue weighted by Gasteiger charge is -2.39.